The predicted octanol–water partition coefficient (Wildman–Crippen LogP) is 3.38. The molecule has 2 heteroatoms. The number of rotatable bonds is 6. The van der Waals surface area contributed by atoms with Crippen LogP contribution in [-0.4, -0.2) is 19.9 Å². The summed E-state index contributed by atoms with van der Waals surface area (Å²) in [5, 5.41) is 0. The minimum absolute atomic E-state index is 0.608. The Morgan fingerprint density at radius 2 is 2.00 bits per heavy atom. The molecule has 0 aliphatic carbocycles. The average Bonchev–Trinajstić information content (AvgIpc) is 2.76. The van der Waals surface area contributed by atoms with Gasteiger partial charge >= 0.3 is 0 Å². The molecule has 0 aromatic rings. The van der Waals surface area contributed by atoms with Crippen molar-refractivity contribution in [1.29, 1.82) is 0 Å². The Morgan fingerprint density at radius 1 is 1.31 bits per heavy atom. The summed E-state index contributed by atoms with van der Waals surface area (Å²) in [6, 6.07) is 0. The number of hydrogen-bond acceptors (Lipinski definition) is 1. The number of ether oxygens (including phenoxy) is 1. The first kappa shape index (κ1) is 11.0. The summed E-state index contributed by atoms with van der Waals surface area (Å²) < 4.78 is 5.70. The van der Waals surface area contributed by atoms with Crippen molar-refractivity contribution < 1.29 is 4.74 Å². The van der Waals surface area contributed by atoms with Gasteiger partial charge < -0.3 is 4.74 Å². The second kappa shape index (κ2) is 4.42. The first-order valence-electron chi connectivity index (χ1n) is 5.32. The van der Waals surface area contributed by atoms with Crippen molar-refractivity contribution in [3.05, 3.63) is 12.7 Å². The van der Waals surface area contributed by atoms with Gasteiger partial charge in [-0.1, -0.05) is 32.1 Å². The molecule has 0 amide bonds. The molecule has 0 aromatic carbocycles. The molecule has 2 unspecified atom stereocenters. The Hall–Kier alpha value is -0.0831. The highest BCUT2D eigenvalue weighted by molar-refractivity contribution is 6.78. The molecule has 2 atom stereocenters. The standard InChI is InChI=1S/C11H22OSi/c1-5-6-7-8-9-10-11(12-10)13(2,3)4/h5,10-11H,1,6-9H2,2-4H3. The summed E-state index contributed by atoms with van der Waals surface area (Å²) in [6.45, 7) is 10.9. The summed E-state index contributed by atoms with van der Waals surface area (Å²) in [6.07, 6.45) is 7.62. The van der Waals surface area contributed by atoms with Crippen LogP contribution in [0.1, 0.15) is 25.7 Å². The van der Waals surface area contributed by atoms with Crippen LogP contribution in [0.15, 0.2) is 12.7 Å². The Labute approximate surface area is 83.2 Å². The third kappa shape index (κ3) is 3.65. The van der Waals surface area contributed by atoms with Crippen LogP contribution in [0.3, 0.4) is 0 Å². The van der Waals surface area contributed by atoms with Crippen LogP contribution in [0.4, 0.5) is 0 Å². The minimum atomic E-state index is -0.997. The normalized spacial score (nSPS) is 27.3. The Balaban J connectivity index is 2.04. The SMILES string of the molecule is C=CCCCCC1OC1[Si](C)(C)C. The maximum Gasteiger partial charge on any atom is 0.0819 e. The van der Waals surface area contributed by atoms with Gasteiger partial charge in [-0.05, 0) is 19.3 Å². The van der Waals surface area contributed by atoms with Crippen LogP contribution in [0.25, 0.3) is 0 Å². The Morgan fingerprint density at radius 3 is 2.46 bits per heavy atom. The minimum Gasteiger partial charge on any atom is -0.373 e. The molecular formula is C11H22OSi. The van der Waals surface area contributed by atoms with Gasteiger partial charge in [-0.3, -0.25) is 0 Å². The zero-order valence-electron chi connectivity index (χ0n) is 9.18. The topological polar surface area (TPSA) is 12.5 Å². The monoisotopic (exact) mass is 198 g/mol. The highest BCUT2D eigenvalue weighted by Gasteiger charge is 2.47. The fourth-order valence-corrected chi connectivity index (χ4v) is 3.62. The largest absolute Gasteiger partial charge is 0.373 e. The van der Waals surface area contributed by atoms with E-state index >= 15 is 0 Å². The van der Waals surface area contributed by atoms with Crippen molar-refractivity contribution in [1.82, 2.24) is 0 Å². The van der Waals surface area contributed by atoms with E-state index in [2.05, 4.69) is 26.2 Å². The first-order valence-corrected chi connectivity index (χ1v) is 8.90. The maximum absolute atomic E-state index is 5.70. The van der Waals surface area contributed by atoms with E-state index in [1.165, 1.54) is 19.3 Å². The molecule has 76 valence electrons. The van der Waals surface area contributed by atoms with Crippen molar-refractivity contribution in [3.63, 3.8) is 0 Å². The van der Waals surface area contributed by atoms with E-state index in [1.807, 2.05) is 6.08 Å². The van der Waals surface area contributed by atoms with E-state index in [0.717, 1.165) is 6.42 Å². The molecule has 0 bridgehead atoms. The van der Waals surface area contributed by atoms with Gasteiger partial charge in [0.2, 0.25) is 0 Å². The quantitative estimate of drug-likeness (QED) is 0.276. The van der Waals surface area contributed by atoms with Crippen LogP contribution in [0.5, 0.6) is 0 Å². The first-order chi connectivity index (χ1) is 6.05. The van der Waals surface area contributed by atoms with E-state index in [1.54, 1.807) is 0 Å². The Kier molecular flexibility index (Phi) is 3.74. The molecule has 0 spiro atoms. The molecule has 1 rings (SSSR count). The second-order valence-electron chi connectivity index (χ2n) is 5.03. The van der Waals surface area contributed by atoms with E-state index in [0.29, 0.717) is 11.8 Å². The van der Waals surface area contributed by atoms with Gasteiger partial charge in [0.1, 0.15) is 0 Å². The number of hydrogen-bond donors (Lipinski definition) is 0. The van der Waals surface area contributed by atoms with Crippen molar-refractivity contribution >= 4 is 8.07 Å². The zero-order valence-corrected chi connectivity index (χ0v) is 10.2. The molecule has 1 fully saturated rings. The molecule has 1 aliphatic rings. The lowest BCUT2D eigenvalue weighted by atomic mass is 10.1. The smallest absolute Gasteiger partial charge is 0.0819 e. The molecule has 1 saturated heterocycles. The van der Waals surface area contributed by atoms with Gasteiger partial charge in [0.25, 0.3) is 0 Å². The summed E-state index contributed by atoms with van der Waals surface area (Å²) >= 11 is 0. The van der Waals surface area contributed by atoms with Crippen molar-refractivity contribution in [2.45, 2.75) is 57.2 Å². The van der Waals surface area contributed by atoms with Gasteiger partial charge in [-0.2, -0.15) is 0 Å². The lowest BCUT2D eigenvalue weighted by molar-refractivity contribution is 0.379. The van der Waals surface area contributed by atoms with Gasteiger partial charge in [0, 0.05) is 0 Å². The average molecular weight is 198 g/mol. The number of epoxide rings is 1. The van der Waals surface area contributed by atoms with Crippen LogP contribution >= 0.6 is 0 Å². The van der Waals surface area contributed by atoms with Crippen LogP contribution in [0, 0.1) is 0 Å². The molecule has 13 heavy (non-hydrogen) atoms. The molecule has 0 radical (unpaired) electrons. The second-order valence-corrected chi connectivity index (χ2v) is 10.3. The number of unbranched alkanes of at least 4 members (excludes halogenated alkanes) is 2. The highest BCUT2D eigenvalue weighted by atomic mass is 28.3. The van der Waals surface area contributed by atoms with Crippen LogP contribution in [0.2, 0.25) is 19.6 Å². The molecule has 0 N–H and O–H groups in total. The summed E-state index contributed by atoms with van der Waals surface area (Å²) in [5.41, 5.74) is 0.649. The molecule has 0 aromatic heterocycles. The Bertz CT molecular complexity index is 171. The van der Waals surface area contributed by atoms with E-state index in [4.69, 9.17) is 4.74 Å². The lowest BCUT2D eigenvalue weighted by Gasteiger charge is -2.10. The van der Waals surface area contributed by atoms with Gasteiger partial charge in [0.05, 0.1) is 19.9 Å². The molecule has 1 nitrogen and oxygen atoms in total. The van der Waals surface area contributed by atoms with Crippen molar-refractivity contribution in [2.24, 2.45) is 0 Å². The fraction of sp³-hybridized carbons (Fsp3) is 0.818. The van der Waals surface area contributed by atoms with E-state index < -0.39 is 8.07 Å². The molecule has 1 heterocycles. The van der Waals surface area contributed by atoms with Gasteiger partial charge in [-0.25, -0.2) is 0 Å². The van der Waals surface area contributed by atoms with Crippen LogP contribution < -0.4 is 0 Å². The van der Waals surface area contributed by atoms with Crippen LogP contribution in [-0.2, 0) is 4.74 Å². The molecule has 1 aliphatic heterocycles. The molecule has 0 saturated carbocycles. The van der Waals surface area contributed by atoms with E-state index in [9.17, 15) is 0 Å². The zero-order chi connectivity index (χ0) is 9.90. The molecular weight excluding hydrogens is 176 g/mol. The van der Waals surface area contributed by atoms with Gasteiger partial charge in [-0.15, -0.1) is 6.58 Å². The summed E-state index contributed by atoms with van der Waals surface area (Å²) in [7, 11) is -0.997. The van der Waals surface area contributed by atoms with Crippen molar-refractivity contribution in [2.75, 3.05) is 0 Å². The highest BCUT2D eigenvalue weighted by Crippen LogP contribution is 2.34. The third-order valence-electron chi connectivity index (χ3n) is 2.58. The third-order valence-corrected chi connectivity index (χ3v) is 4.80. The van der Waals surface area contributed by atoms with Crippen molar-refractivity contribution in [3.8, 4) is 0 Å². The summed E-state index contributed by atoms with van der Waals surface area (Å²) in [4.78, 5) is 0. The van der Waals surface area contributed by atoms with E-state index in [-0.39, 0.29) is 0 Å². The van der Waals surface area contributed by atoms with Gasteiger partial charge in [0.15, 0.2) is 0 Å². The summed E-state index contributed by atoms with van der Waals surface area (Å²) in [5.74, 6) is 0. The lowest BCUT2D eigenvalue weighted by Crippen LogP contribution is -2.30. The number of allylic oxidation sites excluding steroid dienone is 1. The predicted molar refractivity (Wildman–Crippen MR) is 60.7 cm³/mol. The maximum atomic E-state index is 5.70. The fourth-order valence-electron chi connectivity index (χ4n) is 1.76.